The molecule has 28 heavy (non-hydrogen) atoms. The van der Waals surface area contributed by atoms with Crippen molar-refractivity contribution in [2.45, 2.75) is 17.7 Å². The van der Waals surface area contributed by atoms with Crippen molar-refractivity contribution in [2.24, 2.45) is 0 Å². The lowest BCUT2D eigenvalue weighted by Gasteiger charge is -2.04. The van der Waals surface area contributed by atoms with Gasteiger partial charge in [0.1, 0.15) is 5.82 Å². The number of anilines is 1. The molecule has 0 saturated heterocycles. The minimum absolute atomic E-state index is 0.0875. The van der Waals surface area contributed by atoms with Crippen LogP contribution < -0.4 is 10.0 Å². The first-order valence-electron chi connectivity index (χ1n) is 8.29. The molecule has 10 heteroatoms. The van der Waals surface area contributed by atoms with Crippen LogP contribution in [0, 0.1) is 12.7 Å². The first kappa shape index (κ1) is 20.1. The van der Waals surface area contributed by atoms with Crippen LogP contribution in [0.4, 0.5) is 9.52 Å². The van der Waals surface area contributed by atoms with E-state index in [1.165, 1.54) is 12.1 Å². The van der Waals surface area contributed by atoms with Crippen LogP contribution in [-0.2, 0) is 16.4 Å². The van der Waals surface area contributed by atoms with Gasteiger partial charge in [-0.3, -0.25) is 10.1 Å². The lowest BCUT2D eigenvalue weighted by atomic mass is 10.1. The van der Waals surface area contributed by atoms with Crippen LogP contribution >= 0.6 is 11.3 Å². The molecule has 0 saturated carbocycles. The molecule has 0 aliphatic heterocycles. The number of nitrogens with zero attached hydrogens (tertiary/aromatic N) is 2. The first-order chi connectivity index (χ1) is 13.3. The van der Waals surface area contributed by atoms with Crippen molar-refractivity contribution >= 4 is 32.4 Å². The molecule has 1 heterocycles. The maximum Gasteiger partial charge on any atom is 0.269 e. The molecule has 2 aromatic carbocycles. The summed E-state index contributed by atoms with van der Waals surface area (Å²) in [5.41, 5.74) is 2.25. The quantitative estimate of drug-likeness (QED) is 0.573. The Morgan fingerprint density at radius 3 is 2.43 bits per heavy atom. The van der Waals surface area contributed by atoms with Gasteiger partial charge in [-0.2, -0.15) is 0 Å². The smallest absolute Gasteiger partial charge is 0.269 e. The van der Waals surface area contributed by atoms with Gasteiger partial charge in [-0.25, -0.2) is 17.5 Å². The van der Waals surface area contributed by atoms with E-state index in [2.05, 4.69) is 20.2 Å². The molecule has 0 unspecified atom stereocenters. The average Bonchev–Trinajstić information content (AvgIpc) is 3.13. The van der Waals surface area contributed by atoms with E-state index < -0.39 is 15.9 Å². The molecule has 0 aliphatic rings. The topological polar surface area (TPSA) is 101 Å². The average molecular weight is 420 g/mol. The molecule has 0 bridgehead atoms. The van der Waals surface area contributed by atoms with Crippen molar-refractivity contribution in [2.75, 3.05) is 11.9 Å². The Bertz CT molecular complexity index is 1060. The Hall–Kier alpha value is -2.69. The van der Waals surface area contributed by atoms with E-state index in [9.17, 15) is 17.6 Å². The minimum Gasteiger partial charge on any atom is -0.296 e. The highest BCUT2D eigenvalue weighted by Gasteiger charge is 2.20. The summed E-state index contributed by atoms with van der Waals surface area (Å²) >= 11 is 0.760. The van der Waals surface area contributed by atoms with Gasteiger partial charge in [-0.15, -0.1) is 10.2 Å². The van der Waals surface area contributed by atoms with Gasteiger partial charge in [0.25, 0.3) is 15.9 Å². The fourth-order valence-corrected chi connectivity index (χ4v) is 4.25. The van der Waals surface area contributed by atoms with Gasteiger partial charge in [0.15, 0.2) is 0 Å². The number of nitrogens with one attached hydrogen (secondary N) is 2. The summed E-state index contributed by atoms with van der Waals surface area (Å²) in [6, 6.07) is 12.8. The Morgan fingerprint density at radius 1 is 1.07 bits per heavy atom. The minimum atomic E-state index is -3.85. The second-order valence-electron chi connectivity index (χ2n) is 5.97. The van der Waals surface area contributed by atoms with Crippen molar-refractivity contribution < 1.29 is 17.6 Å². The number of amides is 1. The Morgan fingerprint density at radius 2 is 1.75 bits per heavy atom. The van der Waals surface area contributed by atoms with E-state index in [1.54, 1.807) is 36.4 Å². The van der Waals surface area contributed by atoms with E-state index in [0.29, 0.717) is 12.0 Å². The molecule has 1 amide bonds. The molecular formula is C18H17FN4O3S2. The van der Waals surface area contributed by atoms with Gasteiger partial charge in [0.05, 0.1) is 0 Å². The highest BCUT2D eigenvalue weighted by molar-refractivity contribution is 7.91. The van der Waals surface area contributed by atoms with Crippen LogP contribution in [0.5, 0.6) is 0 Å². The highest BCUT2D eigenvalue weighted by Crippen LogP contribution is 2.20. The fraction of sp³-hybridized carbons (Fsp3) is 0.167. The van der Waals surface area contributed by atoms with E-state index >= 15 is 0 Å². The highest BCUT2D eigenvalue weighted by atomic mass is 32.2. The molecule has 0 atom stereocenters. The second-order valence-corrected chi connectivity index (χ2v) is 8.89. The van der Waals surface area contributed by atoms with E-state index in [-0.39, 0.29) is 21.8 Å². The molecule has 0 spiro atoms. The van der Waals surface area contributed by atoms with Crippen LogP contribution in [0.15, 0.2) is 52.9 Å². The summed E-state index contributed by atoms with van der Waals surface area (Å²) in [7, 11) is -3.85. The van der Waals surface area contributed by atoms with Crippen LogP contribution in [0.25, 0.3) is 0 Å². The van der Waals surface area contributed by atoms with Gasteiger partial charge in [0.2, 0.25) is 9.47 Å². The Labute approximate surface area is 165 Å². The number of sulfonamides is 1. The Balaban J connectivity index is 1.59. The van der Waals surface area contributed by atoms with Gasteiger partial charge < -0.3 is 0 Å². The number of aromatic nitrogens is 2. The number of halogens is 1. The maximum atomic E-state index is 12.9. The fourth-order valence-electron chi connectivity index (χ4n) is 2.29. The zero-order valence-electron chi connectivity index (χ0n) is 14.8. The standard InChI is InChI=1S/C18H17FN4O3S2/c1-12-2-6-14(7-3-12)16(24)21-17-22-23-18(27-17)28(25,26)20-11-10-13-4-8-15(19)9-5-13/h2-9,20H,10-11H2,1H3,(H,21,22,24). The number of carbonyl (C=O) groups excluding carboxylic acids is 1. The molecule has 0 aliphatic carbocycles. The van der Waals surface area contributed by atoms with Crippen LogP contribution in [0.1, 0.15) is 21.5 Å². The van der Waals surface area contributed by atoms with Crippen molar-refractivity contribution in [3.63, 3.8) is 0 Å². The molecule has 146 valence electrons. The maximum absolute atomic E-state index is 12.9. The van der Waals surface area contributed by atoms with Gasteiger partial charge >= 0.3 is 0 Å². The van der Waals surface area contributed by atoms with Crippen LogP contribution in [0.3, 0.4) is 0 Å². The van der Waals surface area contributed by atoms with Crippen LogP contribution in [0.2, 0.25) is 0 Å². The number of rotatable bonds is 7. The van der Waals surface area contributed by atoms with E-state index in [1.807, 2.05) is 6.92 Å². The molecule has 1 aromatic heterocycles. The number of benzene rings is 2. The van der Waals surface area contributed by atoms with Crippen molar-refractivity contribution in [1.82, 2.24) is 14.9 Å². The summed E-state index contributed by atoms with van der Waals surface area (Å²) in [5, 5.41) is 9.98. The lowest BCUT2D eigenvalue weighted by Crippen LogP contribution is -2.25. The number of hydrogen-bond donors (Lipinski definition) is 2. The third-order valence-corrected chi connectivity index (χ3v) is 6.46. The molecular weight excluding hydrogens is 403 g/mol. The summed E-state index contributed by atoms with van der Waals surface area (Å²) in [6.45, 7) is 2.03. The second kappa shape index (κ2) is 8.55. The Kier molecular flexibility index (Phi) is 6.12. The lowest BCUT2D eigenvalue weighted by molar-refractivity contribution is 0.102. The van der Waals surface area contributed by atoms with Gasteiger partial charge in [-0.1, -0.05) is 41.2 Å². The molecule has 0 fully saturated rings. The van der Waals surface area contributed by atoms with E-state index in [0.717, 1.165) is 22.5 Å². The third-order valence-electron chi connectivity index (χ3n) is 3.79. The summed E-state index contributed by atoms with van der Waals surface area (Å²) in [5.74, 6) is -0.747. The number of aryl methyl sites for hydroxylation is 1. The summed E-state index contributed by atoms with van der Waals surface area (Å²) in [4.78, 5) is 12.2. The summed E-state index contributed by atoms with van der Waals surface area (Å²) < 4.78 is 39.7. The van der Waals surface area contributed by atoms with E-state index in [4.69, 9.17) is 0 Å². The van der Waals surface area contributed by atoms with Gasteiger partial charge in [-0.05, 0) is 43.2 Å². The SMILES string of the molecule is Cc1ccc(C(=O)Nc2nnc(S(=O)(=O)NCCc3ccc(F)cc3)s2)cc1. The number of hydrogen-bond acceptors (Lipinski definition) is 6. The summed E-state index contributed by atoms with van der Waals surface area (Å²) in [6.07, 6.45) is 0.398. The van der Waals surface area contributed by atoms with Crippen molar-refractivity contribution in [1.29, 1.82) is 0 Å². The third kappa shape index (κ3) is 5.18. The normalized spacial score (nSPS) is 11.4. The molecule has 3 rings (SSSR count). The molecule has 0 radical (unpaired) electrons. The van der Waals surface area contributed by atoms with Crippen molar-refractivity contribution in [3.05, 3.63) is 71.0 Å². The predicted molar refractivity (Wildman–Crippen MR) is 104 cm³/mol. The predicted octanol–water partition coefficient (Wildman–Crippen LogP) is 2.76. The zero-order valence-corrected chi connectivity index (χ0v) is 16.5. The molecule has 2 N–H and O–H groups in total. The monoisotopic (exact) mass is 420 g/mol. The van der Waals surface area contributed by atoms with Crippen molar-refractivity contribution in [3.8, 4) is 0 Å². The van der Waals surface area contributed by atoms with Gasteiger partial charge in [0, 0.05) is 12.1 Å². The zero-order chi connectivity index (χ0) is 20.1. The molecule has 7 nitrogen and oxygen atoms in total. The number of carbonyl (C=O) groups is 1. The van der Waals surface area contributed by atoms with Crippen LogP contribution in [-0.4, -0.2) is 31.1 Å². The molecule has 3 aromatic rings. The first-order valence-corrected chi connectivity index (χ1v) is 10.6. The largest absolute Gasteiger partial charge is 0.296 e.